The monoisotopic (exact) mass is 261 g/mol. The maximum absolute atomic E-state index is 5.68. The Kier molecular flexibility index (Phi) is 5.26. The van der Waals surface area contributed by atoms with E-state index in [1.54, 1.807) is 0 Å². The van der Waals surface area contributed by atoms with Crippen LogP contribution in [0.25, 0.3) is 0 Å². The molecule has 1 aliphatic rings. The number of nitrogens with one attached hydrogen (secondary N) is 1. The Morgan fingerprint density at radius 1 is 1.26 bits per heavy atom. The van der Waals surface area contributed by atoms with Crippen molar-refractivity contribution >= 4 is 0 Å². The van der Waals surface area contributed by atoms with Gasteiger partial charge in [0.25, 0.3) is 0 Å². The van der Waals surface area contributed by atoms with E-state index in [0.717, 1.165) is 37.2 Å². The molecule has 1 fully saturated rings. The molecule has 0 aliphatic heterocycles. The topological polar surface area (TPSA) is 21.3 Å². The van der Waals surface area contributed by atoms with Crippen LogP contribution < -0.4 is 10.1 Å². The van der Waals surface area contributed by atoms with Crippen LogP contribution in [0.4, 0.5) is 0 Å². The molecule has 19 heavy (non-hydrogen) atoms. The third-order valence-corrected chi connectivity index (χ3v) is 4.40. The summed E-state index contributed by atoms with van der Waals surface area (Å²) >= 11 is 0. The van der Waals surface area contributed by atoms with E-state index in [2.05, 4.69) is 44.3 Å². The lowest BCUT2D eigenvalue weighted by molar-refractivity contribution is 0.316. The predicted molar refractivity (Wildman–Crippen MR) is 80.4 cm³/mol. The van der Waals surface area contributed by atoms with Gasteiger partial charge in [-0.3, -0.25) is 0 Å². The van der Waals surface area contributed by atoms with Gasteiger partial charge in [0.2, 0.25) is 0 Å². The quantitative estimate of drug-likeness (QED) is 0.835. The second-order valence-electron chi connectivity index (χ2n) is 5.90. The van der Waals surface area contributed by atoms with Crippen molar-refractivity contribution in [1.82, 2.24) is 5.32 Å². The Labute approximate surface area is 117 Å². The van der Waals surface area contributed by atoms with Gasteiger partial charge >= 0.3 is 0 Å². The summed E-state index contributed by atoms with van der Waals surface area (Å²) < 4.78 is 5.68. The van der Waals surface area contributed by atoms with Crippen molar-refractivity contribution in [3.63, 3.8) is 0 Å². The highest BCUT2D eigenvalue weighted by Gasteiger charge is 2.28. The number of ether oxygens (including phenoxy) is 1. The van der Waals surface area contributed by atoms with E-state index in [1.807, 2.05) is 6.07 Å². The Bertz CT molecular complexity index is 391. The van der Waals surface area contributed by atoms with Crippen LogP contribution >= 0.6 is 0 Å². The van der Waals surface area contributed by atoms with Gasteiger partial charge < -0.3 is 10.1 Å². The van der Waals surface area contributed by atoms with Crippen molar-refractivity contribution in [3.8, 4) is 5.75 Å². The first kappa shape index (κ1) is 14.4. The first-order chi connectivity index (χ1) is 9.20. The minimum atomic E-state index is 0.676. The standard InChI is InChI=1S/C17H27NO/c1-4-10-19-16-7-5-6-15(11-16)12-18-17-9-8-13(2)14(17)3/h5-7,11,13-14,17-18H,4,8-10,12H2,1-3H3. The SMILES string of the molecule is CCCOc1cccc(CNC2CCC(C)C2C)c1. The largest absolute Gasteiger partial charge is 0.494 e. The van der Waals surface area contributed by atoms with Crippen molar-refractivity contribution in [1.29, 1.82) is 0 Å². The Morgan fingerprint density at radius 3 is 2.79 bits per heavy atom. The summed E-state index contributed by atoms with van der Waals surface area (Å²) in [6, 6.07) is 9.14. The highest BCUT2D eigenvalue weighted by Crippen LogP contribution is 2.31. The van der Waals surface area contributed by atoms with E-state index >= 15 is 0 Å². The predicted octanol–water partition coefficient (Wildman–Crippen LogP) is 4.00. The molecule has 106 valence electrons. The van der Waals surface area contributed by atoms with Gasteiger partial charge in [0, 0.05) is 12.6 Å². The zero-order valence-electron chi connectivity index (χ0n) is 12.5. The van der Waals surface area contributed by atoms with Crippen molar-refractivity contribution in [2.75, 3.05) is 6.61 Å². The van der Waals surface area contributed by atoms with Crippen LogP contribution in [0.2, 0.25) is 0 Å². The maximum atomic E-state index is 5.68. The second kappa shape index (κ2) is 6.95. The molecular weight excluding hydrogens is 234 g/mol. The molecule has 1 aliphatic carbocycles. The average Bonchev–Trinajstić information content (AvgIpc) is 2.75. The van der Waals surface area contributed by atoms with Gasteiger partial charge in [0.05, 0.1) is 6.61 Å². The summed E-state index contributed by atoms with van der Waals surface area (Å²) in [5, 5.41) is 3.71. The van der Waals surface area contributed by atoms with Crippen LogP contribution in [0.15, 0.2) is 24.3 Å². The number of rotatable bonds is 6. The number of benzene rings is 1. The molecule has 3 unspecified atom stereocenters. The maximum Gasteiger partial charge on any atom is 0.119 e. The summed E-state index contributed by atoms with van der Waals surface area (Å²) in [5.74, 6) is 2.64. The van der Waals surface area contributed by atoms with Gasteiger partial charge in [0.1, 0.15) is 5.75 Å². The van der Waals surface area contributed by atoms with Crippen molar-refractivity contribution < 1.29 is 4.74 Å². The fourth-order valence-corrected chi connectivity index (χ4v) is 2.87. The van der Waals surface area contributed by atoms with E-state index < -0.39 is 0 Å². The van der Waals surface area contributed by atoms with Crippen LogP contribution in [-0.2, 0) is 6.54 Å². The van der Waals surface area contributed by atoms with Crippen molar-refractivity contribution in [3.05, 3.63) is 29.8 Å². The molecule has 1 saturated carbocycles. The fourth-order valence-electron chi connectivity index (χ4n) is 2.87. The fraction of sp³-hybridized carbons (Fsp3) is 0.647. The van der Waals surface area contributed by atoms with Gasteiger partial charge in [0.15, 0.2) is 0 Å². The van der Waals surface area contributed by atoms with E-state index in [0.29, 0.717) is 6.04 Å². The summed E-state index contributed by atoms with van der Waals surface area (Å²) in [7, 11) is 0. The summed E-state index contributed by atoms with van der Waals surface area (Å²) in [6.07, 6.45) is 3.73. The molecule has 2 rings (SSSR count). The van der Waals surface area contributed by atoms with Crippen LogP contribution in [-0.4, -0.2) is 12.6 Å². The van der Waals surface area contributed by atoms with Gasteiger partial charge in [-0.15, -0.1) is 0 Å². The van der Waals surface area contributed by atoms with E-state index in [4.69, 9.17) is 4.74 Å². The Hall–Kier alpha value is -1.02. The zero-order valence-corrected chi connectivity index (χ0v) is 12.5. The molecule has 0 radical (unpaired) electrons. The molecule has 2 heteroatoms. The highest BCUT2D eigenvalue weighted by molar-refractivity contribution is 5.28. The normalized spacial score (nSPS) is 26.6. The summed E-state index contributed by atoms with van der Waals surface area (Å²) in [4.78, 5) is 0. The molecule has 0 amide bonds. The lowest BCUT2D eigenvalue weighted by Crippen LogP contribution is -2.31. The van der Waals surface area contributed by atoms with Gasteiger partial charge in [-0.1, -0.05) is 32.9 Å². The highest BCUT2D eigenvalue weighted by atomic mass is 16.5. The minimum Gasteiger partial charge on any atom is -0.494 e. The molecule has 0 heterocycles. The molecule has 0 saturated heterocycles. The first-order valence-corrected chi connectivity index (χ1v) is 7.65. The van der Waals surface area contributed by atoms with Crippen LogP contribution in [0.5, 0.6) is 5.75 Å². The van der Waals surface area contributed by atoms with E-state index in [1.165, 1.54) is 18.4 Å². The van der Waals surface area contributed by atoms with Gasteiger partial charge in [-0.05, 0) is 48.8 Å². The van der Waals surface area contributed by atoms with Crippen molar-refractivity contribution in [2.24, 2.45) is 11.8 Å². The van der Waals surface area contributed by atoms with Gasteiger partial charge in [-0.25, -0.2) is 0 Å². The smallest absolute Gasteiger partial charge is 0.119 e. The average molecular weight is 261 g/mol. The molecular formula is C17H27NO. The number of hydrogen-bond acceptors (Lipinski definition) is 2. The minimum absolute atomic E-state index is 0.676. The van der Waals surface area contributed by atoms with Crippen LogP contribution in [0.3, 0.4) is 0 Å². The summed E-state index contributed by atoms with van der Waals surface area (Å²) in [5.41, 5.74) is 1.32. The molecule has 0 aromatic heterocycles. The third kappa shape index (κ3) is 3.97. The van der Waals surface area contributed by atoms with Crippen molar-refractivity contribution in [2.45, 2.75) is 52.6 Å². The summed E-state index contributed by atoms with van der Waals surface area (Å²) in [6.45, 7) is 8.62. The Morgan fingerprint density at radius 2 is 2.11 bits per heavy atom. The number of hydrogen-bond donors (Lipinski definition) is 1. The molecule has 3 atom stereocenters. The van der Waals surface area contributed by atoms with Crippen LogP contribution in [0.1, 0.15) is 45.6 Å². The first-order valence-electron chi connectivity index (χ1n) is 7.65. The molecule has 2 nitrogen and oxygen atoms in total. The Balaban J connectivity index is 1.85. The van der Waals surface area contributed by atoms with E-state index in [9.17, 15) is 0 Å². The third-order valence-electron chi connectivity index (χ3n) is 4.40. The van der Waals surface area contributed by atoms with E-state index in [-0.39, 0.29) is 0 Å². The molecule has 0 bridgehead atoms. The lowest BCUT2D eigenvalue weighted by atomic mass is 9.98. The molecule has 0 spiro atoms. The second-order valence-corrected chi connectivity index (χ2v) is 5.90. The molecule has 1 aromatic carbocycles. The molecule has 1 N–H and O–H groups in total. The molecule has 1 aromatic rings. The lowest BCUT2D eigenvalue weighted by Gasteiger charge is -2.20. The van der Waals surface area contributed by atoms with Gasteiger partial charge in [-0.2, -0.15) is 0 Å². The van der Waals surface area contributed by atoms with Crippen LogP contribution in [0, 0.1) is 11.8 Å². The zero-order chi connectivity index (χ0) is 13.7.